The van der Waals surface area contributed by atoms with Crippen LogP contribution in [0.4, 0.5) is 0 Å². The predicted molar refractivity (Wildman–Crippen MR) is 93.4 cm³/mol. The van der Waals surface area contributed by atoms with Crippen LogP contribution in [0, 0.1) is 40.9 Å². The van der Waals surface area contributed by atoms with Crippen LogP contribution in [-0.2, 0) is 19.1 Å². The first-order valence-electron chi connectivity index (χ1n) is 9.61. The fraction of sp³-hybridized carbons (Fsp3) is 0.714. The van der Waals surface area contributed by atoms with E-state index in [1.54, 1.807) is 0 Å². The SMILES string of the molecule is CC(C)(COC(=O)C1CC2C=CC1C2)COC(=O)C1C[C@@H]2C=CC1C2. The number of fused-ring (bicyclic) bond motifs is 4. The molecule has 0 heterocycles. The van der Waals surface area contributed by atoms with Crippen molar-refractivity contribution in [3.63, 3.8) is 0 Å². The number of ether oxygens (including phenoxy) is 2. The van der Waals surface area contributed by atoms with Crippen LogP contribution in [0.1, 0.15) is 39.5 Å². The quantitative estimate of drug-likeness (QED) is 0.546. The largest absolute Gasteiger partial charge is 0.465 e. The molecular formula is C21H28O4. The summed E-state index contributed by atoms with van der Waals surface area (Å²) >= 11 is 0. The smallest absolute Gasteiger partial charge is 0.309 e. The molecule has 0 saturated heterocycles. The molecule has 4 bridgehead atoms. The second-order valence-electron chi connectivity index (χ2n) is 9.15. The Hall–Kier alpha value is -1.58. The van der Waals surface area contributed by atoms with E-state index in [1.807, 2.05) is 13.8 Å². The maximum absolute atomic E-state index is 12.3. The summed E-state index contributed by atoms with van der Waals surface area (Å²) in [6.07, 6.45) is 12.8. The number of rotatable bonds is 6. The summed E-state index contributed by atoms with van der Waals surface area (Å²) in [5, 5.41) is 0. The second kappa shape index (κ2) is 6.30. The topological polar surface area (TPSA) is 52.6 Å². The average molecular weight is 344 g/mol. The van der Waals surface area contributed by atoms with Gasteiger partial charge in [-0.3, -0.25) is 9.59 Å². The maximum Gasteiger partial charge on any atom is 0.309 e. The van der Waals surface area contributed by atoms with Gasteiger partial charge in [0, 0.05) is 5.41 Å². The summed E-state index contributed by atoms with van der Waals surface area (Å²) in [6.45, 7) is 4.56. The molecule has 0 radical (unpaired) electrons. The van der Waals surface area contributed by atoms with E-state index in [4.69, 9.17) is 9.47 Å². The highest BCUT2D eigenvalue weighted by Gasteiger charge is 2.42. The van der Waals surface area contributed by atoms with Gasteiger partial charge in [-0.25, -0.2) is 0 Å². The molecule has 0 aromatic carbocycles. The van der Waals surface area contributed by atoms with Gasteiger partial charge in [-0.15, -0.1) is 0 Å². The first-order valence-corrected chi connectivity index (χ1v) is 9.61. The second-order valence-corrected chi connectivity index (χ2v) is 9.15. The molecule has 6 atom stereocenters. The van der Waals surface area contributed by atoms with Crippen molar-refractivity contribution in [2.45, 2.75) is 39.5 Å². The molecule has 5 unspecified atom stereocenters. The number of esters is 2. The third-order valence-corrected chi connectivity index (χ3v) is 6.37. The van der Waals surface area contributed by atoms with Crippen molar-refractivity contribution < 1.29 is 19.1 Å². The Labute approximate surface area is 149 Å². The monoisotopic (exact) mass is 344 g/mol. The van der Waals surface area contributed by atoms with Crippen LogP contribution in [0.25, 0.3) is 0 Å². The van der Waals surface area contributed by atoms with Gasteiger partial charge in [-0.1, -0.05) is 38.2 Å². The Morgan fingerprint density at radius 3 is 1.56 bits per heavy atom. The number of hydrogen-bond donors (Lipinski definition) is 0. The summed E-state index contributed by atoms with van der Waals surface area (Å²) in [6, 6.07) is 0. The Bertz CT molecular complexity index is 565. The lowest BCUT2D eigenvalue weighted by Gasteiger charge is -2.27. The zero-order valence-corrected chi connectivity index (χ0v) is 15.1. The van der Waals surface area contributed by atoms with Gasteiger partial charge in [0.2, 0.25) is 0 Å². The van der Waals surface area contributed by atoms with Crippen LogP contribution < -0.4 is 0 Å². The van der Waals surface area contributed by atoms with Crippen LogP contribution in [0.15, 0.2) is 24.3 Å². The minimum atomic E-state index is -0.355. The zero-order valence-electron chi connectivity index (χ0n) is 15.1. The lowest BCUT2D eigenvalue weighted by Crippen LogP contribution is -2.32. The maximum atomic E-state index is 12.3. The molecule has 0 N–H and O–H groups in total. The predicted octanol–water partition coefficient (Wildman–Crippen LogP) is 3.52. The van der Waals surface area contributed by atoms with Crippen LogP contribution in [-0.4, -0.2) is 25.2 Å². The summed E-state index contributed by atoms with van der Waals surface area (Å²) in [5.74, 6) is 1.72. The van der Waals surface area contributed by atoms with Crippen molar-refractivity contribution in [2.24, 2.45) is 40.9 Å². The third-order valence-electron chi connectivity index (χ3n) is 6.37. The molecule has 4 heteroatoms. The van der Waals surface area contributed by atoms with Crippen molar-refractivity contribution in [1.29, 1.82) is 0 Å². The first kappa shape index (κ1) is 16.9. The highest BCUT2D eigenvalue weighted by Crippen LogP contribution is 2.45. The van der Waals surface area contributed by atoms with E-state index in [0.717, 1.165) is 25.7 Å². The van der Waals surface area contributed by atoms with E-state index >= 15 is 0 Å². The van der Waals surface area contributed by atoms with Crippen molar-refractivity contribution >= 4 is 11.9 Å². The Balaban J connectivity index is 1.22. The molecule has 4 rings (SSSR count). The van der Waals surface area contributed by atoms with E-state index < -0.39 is 0 Å². The molecule has 4 nitrogen and oxygen atoms in total. The Morgan fingerprint density at radius 2 is 1.24 bits per heavy atom. The van der Waals surface area contributed by atoms with Gasteiger partial charge in [-0.05, 0) is 49.4 Å². The average Bonchev–Trinajstić information content (AvgIpc) is 3.37. The normalized spacial score (nSPS) is 37.7. The summed E-state index contributed by atoms with van der Waals surface area (Å²) in [5.41, 5.74) is -0.355. The van der Waals surface area contributed by atoms with E-state index in [9.17, 15) is 9.59 Å². The standard InChI is InChI=1S/C21H28O4/c1-21(2,11-24-19(22)17-9-13-3-5-15(17)7-13)12-25-20(23)18-10-14-4-6-16(18)8-14/h3-6,13-18H,7-12H2,1-2H3/t13-,14?,15?,16?,17?,18?/m1/s1. The van der Waals surface area contributed by atoms with Crippen molar-refractivity contribution in [1.82, 2.24) is 0 Å². The zero-order chi connectivity index (χ0) is 17.6. The number of carbonyl (C=O) groups is 2. The van der Waals surface area contributed by atoms with E-state index in [2.05, 4.69) is 24.3 Å². The van der Waals surface area contributed by atoms with Crippen LogP contribution in [0.2, 0.25) is 0 Å². The minimum Gasteiger partial charge on any atom is -0.465 e. The van der Waals surface area contributed by atoms with Crippen LogP contribution in [0.5, 0.6) is 0 Å². The van der Waals surface area contributed by atoms with E-state index in [1.165, 1.54) is 0 Å². The van der Waals surface area contributed by atoms with Gasteiger partial charge in [0.1, 0.15) is 0 Å². The molecule has 0 amide bonds. The first-order chi connectivity index (χ1) is 11.9. The minimum absolute atomic E-state index is 0.0224. The molecule has 4 aliphatic carbocycles. The number of carbonyl (C=O) groups excluding carboxylic acids is 2. The fourth-order valence-electron chi connectivity index (χ4n) is 4.89. The lowest BCUT2D eigenvalue weighted by molar-refractivity contribution is -0.158. The Morgan fingerprint density at radius 1 is 0.800 bits per heavy atom. The van der Waals surface area contributed by atoms with Gasteiger partial charge < -0.3 is 9.47 Å². The molecule has 0 spiro atoms. The molecule has 4 aliphatic rings. The highest BCUT2D eigenvalue weighted by atomic mass is 16.5. The number of allylic oxidation sites excluding steroid dienone is 4. The van der Waals surface area contributed by atoms with Crippen LogP contribution in [0.3, 0.4) is 0 Å². The molecule has 2 fully saturated rings. The molecule has 25 heavy (non-hydrogen) atoms. The molecule has 0 aromatic rings. The van der Waals surface area contributed by atoms with E-state index in [-0.39, 0.29) is 29.2 Å². The Kier molecular flexibility index (Phi) is 4.25. The third kappa shape index (κ3) is 3.40. The van der Waals surface area contributed by atoms with Crippen molar-refractivity contribution in [2.75, 3.05) is 13.2 Å². The van der Waals surface area contributed by atoms with Gasteiger partial charge in [0.25, 0.3) is 0 Å². The molecule has 136 valence electrons. The fourth-order valence-corrected chi connectivity index (χ4v) is 4.89. The molecular weight excluding hydrogens is 316 g/mol. The molecule has 0 aliphatic heterocycles. The van der Waals surface area contributed by atoms with Gasteiger partial charge in [0.15, 0.2) is 0 Å². The number of hydrogen-bond acceptors (Lipinski definition) is 4. The summed E-state index contributed by atoms with van der Waals surface area (Å²) in [4.78, 5) is 24.7. The van der Waals surface area contributed by atoms with Crippen molar-refractivity contribution in [3.8, 4) is 0 Å². The van der Waals surface area contributed by atoms with Gasteiger partial charge in [0.05, 0.1) is 25.0 Å². The summed E-state index contributed by atoms with van der Waals surface area (Å²) < 4.78 is 11.2. The molecule has 0 aromatic heterocycles. The van der Waals surface area contributed by atoms with E-state index in [0.29, 0.717) is 36.9 Å². The van der Waals surface area contributed by atoms with Gasteiger partial charge >= 0.3 is 11.9 Å². The van der Waals surface area contributed by atoms with Crippen molar-refractivity contribution in [3.05, 3.63) is 24.3 Å². The molecule has 2 saturated carbocycles. The lowest BCUT2D eigenvalue weighted by atomic mass is 9.92. The van der Waals surface area contributed by atoms with Gasteiger partial charge in [-0.2, -0.15) is 0 Å². The van der Waals surface area contributed by atoms with Crippen LogP contribution >= 0.6 is 0 Å². The summed E-state index contributed by atoms with van der Waals surface area (Å²) in [7, 11) is 0. The highest BCUT2D eigenvalue weighted by molar-refractivity contribution is 5.74.